The SMILES string of the molecule is Nc1sccc1CC(=O)NC1C(=O)N2C(C(=O)O)=C(C(CC(=O)O)Sc3nn[nH]n3)CS[C@@H]12. The molecule has 4 rings (SSSR count). The van der Waals surface area contributed by atoms with E-state index in [4.69, 9.17) is 5.73 Å². The molecule has 1 fully saturated rings. The number of rotatable bonds is 9. The number of carbonyl (C=O) groups excluding carboxylic acids is 2. The highest BCUT2D eigenvalue weighted by Gasteiger charge is 2.55. The molecule has 2 amide bonds. The van der Waals surface area contributed by atoms with Crippen LogP contribution in [-0.2, 0) is 25.6 Å². The normalized spacial score (nSPS) is 20.7. The highest BCUT2D eigenvalue weighted by molar-refractivity contribution is 8.01. The number of nitrogens with one attached hydrogen (secondary N) is 2. The smallest absolute Gasteiger partial charge is 0.352 e. The van der Waals surface area contributed by atoms with Crippen LogP contribution in [0.1, 0.15) is 12.0 Å². The van der Waals surface area contributed by atoms with Crippen molar-refractivity contribution in [3.05, 3.63) is 28.3 Å². The number of carbonyl (C=O) groups is 4. The predicted octanol–water partition coefficient (Wildman–Crippen LogP) is -0.240. The number of aromatic amines is 1. The van der Waals surface area contributed by atoms with Crippen molar-refractivity contribution in [3.63, 3.8) is 0 Å². The molecule has 2 aliphatic rings. The minimum atomic E-state index is -1.36. The number of β-lactam (4-membered cyclic amide) rings is 1. The van der Waals surface area contributed by atoms with E-state index in [0.29, 0.717) is 10.6 Å². The highest BCUT2D eigenvalue weighted by Crippen LogP contribution is 2.44. The summed E-state index contributed by atoms with van der Waals surface area (Å²) in [4.78, 5) is 49.9. The molecule has 0 aromatic carbocycles. The molecule has 2 aromatic rings. The van der Waals surface area contributed by atoms with Crippen molar-refractivity contribution >= 4 is 63.6 Å². The molecule has 2 aromatic heterocycles. The number of hydrogen-bond acceptors (Lipinski definition) is 11. The van der Waals surface area contributed by atoms with Crippen molar-refractivity contribution in [1.82, 2.24) is 30.8 Å². The number of hydrogen-bond donors (Lipinski definition) is 5. The number of amides is 2. The average molecular weight is 512 g/mol. The van der Waals surface area contributed by atoms with Gasteiger partial charge >= 0.3 is 11.9 Å². The fraction of sp³-hybridized carbons (Fsp3) is 0.353. The fourth-order valence-corrected chi connectivity index (χ4v) is 6.70. The van der Waals surface area contributed by atoms with Gasteiger partial charge in [-0.15, -0.1) is 33.3 Å². The molecule has 13 nitrogen and oxygen atoms in total. The number of nitrogens with two attached hydrogens (primary N) is 1. The number of aliphatic carboxylic acids is 2. The molecule has 0 saturated carbocycles. The van der Waals surface area contributed by atoms with E-state index in [-0.39, 0.29) is 28.6 Å². The second-order valence-corrected chi connectivity index (χ2v) is 10.2. The van der Waals surface area contributed by atoms with Gasteiger partial charge in [-0.1, -0.05) is 11.8 Å². The maximum absolute atomic E-state index is 12.8. The fourth-order valence-electron chi connectivity index (χ4n) is 3.50. The standard InChI is InChI=1S/C17H17N7O6S3/c18-13-6(1-2-31-13)3-9(25)19-11-14(28)24-12(16(29)30)7(5-32-15(11)24)8(4-10(26)27)33-17-20-22-23-21-17/h1-2,8,11,15H,3-5,18H2,(H,19,25)(H,26,27)(H,29,30)(H,20,21,22,23)/t8?,11?,15-/m0/s1. The van der Waals surface area contributed by atoms with E-state index < -0.39 is 46.8 Å². The molecule has 6 N–H and O–H groups in total. The quantitative estimate of drug-likeness (QED) is 0.218. The summed E-state index contributed by atoms with van der Waals surface area (Å²) in [5.41, 5.74) is 6.45. The number of thioether (sulfide) groups is 2. The van der Waals surface area contributed by atoms with Crippen molar-refractivity contribution in [2.75, 3.05) is 11.5 Å². The lowest BCUT2D eigenvalue weighted by atomic mass is 10.00. The van der Waals surface area contributed by atoms with E-state index >= 15 is 0 Å². The van der Waals surface area contributed by atoms with Crippen molar-refractivity contribution in [2.24, 2.45) is 0 Å². The van der Waals surface area contributed by atoms with Gasteiger partial charge in [0.2, 0.25) is 11.1 Å². The molecule has 4 heterocycles. The third-order valence-electron chi connectivity index (χ3n) is 4.97. The van der Waals surface area contributed by atoms with Crippen LogP contribution in [-0.4, -0.2) is 81.9 Å². The first kappa shape index (κ1) is 23.1. The Bertz CT molecular complexity index is 1130. The molecule has 2 unspecified atom stereocenters. The minimum absolute atomic E-state index is 0.00536. The van der Waals surface area contributed by atoms with Gasteiger partial charge in [0.25, 0.3) is 5.91 Å². The van der Waals surface area contributed by atoms with Crippen molar-refractivity contribution in [2.45, 2.75) is 34.7 Å². The molecule has 0 spiro atoms. The van der Waals surface area contributed by atoms with Gasteiger partial charge in [-0.05, 0) is 27.8 Å². The Morgan fingerprint density at radius 3 is 2.79 bits per heavy atom. The highest BCUT2D eigenvalue weighted by atomic mass is 32.2. The summed E-state index contributed by atoms with van der Waals surface area (Å²) < 4.78 is 0. The molecule has 0 aliphatic carbocycles. The van der Waals surface area contributed by atoms with Gasteiger partial charge in [0, 0.05) is 11.0 Å². The molecule has 0 bridgehead atoms. The third-order valence-corrected chi connectivity index (χ3v) is 8.18. The predicted molar refractivity (Wildman–Crippen MR) is 118 cm³/mol. The average Bonchev–Trinajstić information content (AvgIpc) is 3.42. The second kappa shape index (κ2) is 9.40. The first-order chi connectivity index (χ1) is 15.8. The molecule has 16 heteroatoms. The largest absolute Gasteiger partial charge is 0.481 e. The van der Waals surface area contributed by atoms with Crippen LogP contribution in [0.15, 0.2) is 27.9 Å². The van der Waals surface area contributed by atoms with Crippen LogP contribution < -0.4 is 11.1 Å². The Morgan fingerprint density at radius 1 is 1.39 bits per heavy atom. The van der Waals surface area contributed by atoms with Gasteiger partial charge < -0.3 is 21.3 Å². The molecule has 3 atom stereocenters. The van der Waals surface area contributed by atoms with Crippen molar-refractivity contribution in [1.29, 1.82) is 0 Å². The van der Waals surface area contributed by atoms with E-state index in [2.05, 4.69) is 25.9 Å². The van der Waals surface area contributed by atoms with E-state index in [1.54, 1.807) is 11.4 Å². The monoisotopic (exact) mass is 511 g/mol. The molecular weight excluding hydrogens is 494 g/mol. The van der Waals surface area contributed by atoms with Crippen LogP contribution in [0.3, 0.4) is 0 Å². The summed E-state index contributed by atoms with van der Waals surface area (Å²) in [5, 5.41) is 36.1. The molecule has 0 radical (unpaired) electrons. The van der Waals surface area contributed by atoms with E-state index in [1.165, 1.54) is 23.1 Å². The summed E-state index contributed by atoms with van der Waals surface area (Å²) in [6, 6.07) is 0.840. The van der Waals surface area contributed by atoms with Crippen LogP contribution in [0.4, 0.5) is 5.00 Å². The summed E-state index contributed by atoms with van der Waals surface area (Å²) in [5.74, 6) is -3.33. The van der Waals surface area contributed by atoms with Gasteiger partial charge in [-0.25, -0.2) is 4.79 Å². The Morgan fingerprint density at radius 2 is 2.18 bits per heavy atom. The van der Waals surface area contributed by atoms with E-state index in [0.717, 1.165) is 16.7 Å². The van der Waals surface area contributed by atoms with Crippen LogP contribution in [0, 0.1) is 0 Å². The lowest BCUT2D eigenvalue weighted by molar-refractivity contribution is -0.150. The zero-order valence-corrected chi connectivity index (χ0v) is 19.1. The number of nitrogen functional groups attached to an aromatic ring is 1. The maximum atomic E-state index is 12.8. The number of fused-ring (bicyclic) bond motifs is 1. The first-order valence-electron chi connectivity index (χ1n) is 9.40. The Balaban J connectivity index is 1.54. The molecule has 2 aliphatic heterocycles. The molecule has 1 saturated heterocycles. The summed E-state index contributed by atoms with van der Waals surface area (Å²) >= 11 is 3.50. The number of anilines is 1. The van der Waals surface area contributed by atoms with Crippen LogP contribution in [0.25, 0.3) is 0 Å². The number of tetrazole rings is 1. The van der Waals surface area contributed by atoms with Crippen molar-refractivity contribution in [3.8, 4) is 0 Å². The zero-order chi connectivity index (χ0) is 23.7. The lowest BCUT2D eigenvalue weighted by Crippen LogP contribution is -2.70. The third kappa shape index (κ3) is 4.67. The summed E-state index contributed by atoms with van der Waals surface area (Å²) in [6.45, 7) is 0. The Labute approximate surface area is 198 Å². The van der Waals surface area contributed by atoms with Gasteiger partial charge in [-0.3, -0.25) is 19.3 Å². The maximum Gasteiger partial charge on any atom is 0.352 e. The van der Waals surface area contributed by atoms with E-state index in [1.807, 2.05) is 0 Å². The lowest BCUT2D eigenvalue weighted by Gasteiger charge is -2.50. The number of thiophene rings is 1. The van der Waals surface area contributed by atoms with Crippen LogP contribution >= 0.6 is 34.9 Å². The first-order valence-corrected chi connectivity index (χ1v) is 12.2. The van der Waals surface area contributed by atoms with Gasteiger partial charge in [0.1, 0.15) is 17.1 Å². The minimum Gasteiger partial charge on any atom is -0.481 e. The number of nitrogens with zero attached hydrogens (tertiary/aromatic N) is 4. The number of carboxylic acid groups (broad SMARTS) is 2. The molecule has 33 heavy (non-hydrogen) atoms. The van der Waals surface area contributed by atoms with Gasteiger partial charge in [0.15, 0.2) is 0 Å². The summed E-state index contributed by atoms with van der Waals surface area (Å²) in [6.07, 6.45) is -0.397. The second-order valence-electron chi connectivity index (χ2n) is 7.02. The van der Waals surface area contributed by atoms with Crippen LogP contribution in [0.2, 0.25) is 0 Å². The van der Waals surface area contributed by atoms with Crippen LogP contribution in [0.5, 0.6) is 0 Å². The van der Waals surface area contributed by atoms with E-state index in [9.17, 15) is 29.4 Å². The number of carboxylic acids is 2. The number of H-pyrrole nitrogens is 1. The van der Waals surface area contributed by atoms with Gasteiger partial charge in [-0.2, -0.15) is 5.21 Å². The Hall–Kier alpha value is -3.11. The van der Waals surface area contributed by atoms with Gasteiger partial charge in [0.05, 0.1) is 17.8 Å². The molecule has 174 valence electrons. The topological polar surface area (TPSA) is 204 Å². The number of aromatic nitrogens is 4. The molecular formula is C17H17N7O6S3. The van der Waals surface area contributed by atoms with Crippen molar-refractivity contribution < 1.29 is 29.4 Å². The summed E-state index contributed by atoms with van der Waals surface area (Å²) in [7, 11) is 0. The zero-order valence-electron chi connectivity index (χ0n) is 16.6. The Kier molecular flexibility index (Phi) is 6.57.